The average molecular weight is 384 g/mol. The van der Waals surface area contributed by atoms with Gasteiger partial charge >= 0.3 is 5.97 Å². The molecular weight excluding hydrogens is 356 g/mol. The van der Waals surface area contributed by atoms with Crippen molar-refractivity contribution in [2.24, 2.45) is 11.8 Å². The molecule has 3 aliphatic rings. The molecule has 26 heavy (non-hydrogen) atoms. The lowest BCUT2D eigenvalue weighted by molar-refractivity contribution is -0.172. The second-order valence-corrected chi connectivity index (χ2v) is 8.88. The maximum absolute atomic E-state index is 12.8. The molecule has 0 bridgehead atoms. The molecule has 2 amide bonds. The number of nitrogens with zero attached hydrogens (tertiary/aromatic N) is 1. The van der Waals surface area contributed by atoms with E-state index in [0.29, 0.717) is 13.2 Å². The maximum atomic E-state index is 12.8. The fourth-order valence-corrected chi connectivity index (χ4v) is 5.97. The number of aliphatic hydroxyl groups is 1. The normalized spacial score (nSPS) is 37.2. The monoisotopic (exact) mass is 384 g/mol. The maximum Gasteiger partial charge on any atom is 0.330 e. The number of ether oxygens (including phenoxy) is 1. The van der Waals surface area contributed by atoms with E-state index in [1.165, 1.54) is 11.8 Å². The average Bonchev–Trinajstić information content (AvgIpc) is 3.08. The van der Waals surface area contributed by atoms with Crippen LogP contribution in [0.5, 0.6) is 0 Å². The van der Waals surface area contributed by atoms with Crippen LogP contribution in [0.3, 0.4) is 0 Å². The predicted octanol–water partition coefficient (Wildman–Crippen LogP) is 0.546. The van der Waals surface area contributed by atoms with Gasteiger partial charge in [-0.1, -0.05) is 20.3 Å². The van der Waals surface area contributed by atoms with Crippen LogP contribution >= 0.6 is 11.8 Å². The fourth-order valence-electron chi connectivity index (χ4n) is 4.33. The summed E-state index contributed by atoms with van der Waals surface area (Å²) in [6, 6.07) is -0.846. The van der Waals surface area contributed by atoms with Crippen LogP contribution in [-0.4, -0.2) is 69.6 Å². The van der Waals surface area contributed by atoms with Crippen LogP contribution in [-0.2, 0) is 19.1 Å². The van der Waals surface area contributed by atoms with Crippen molar-refractivity contribution in [2.45, 2.75) is 68.7 Å². The van der Waals surface area contributed by atoms with E-state index in [1.807, 2.05) is 13.8 Å². The second-order valence-electron chi connectivity index (χ2n) is 7.50. The summed E-state index contributed by atoms with van der Waals surface area (Å²) in [6.07, 6.45) is 1.68. The van der Waals surface area contributed by atoms with Crippen molar-refractivity contribution in [3.05, 3.63) is 0 Å². The van der Waals surface area contributed by atoms with Gasteiger partial charge in [0.05, 0.1) is 29.9 Å². The van der Waals surface area contributed by atoms with Crippen molar-refractivity contribution < 1.29 is 24.2 Å². The van der Waals surface area contributed by atoms with Gasteiger partial charge in [0.25, 0.3) is 0 Å². The van der Waals surface area contributed by atoms with E-state index >= 15 is 0 Å². The van der Waals surface area contributed by atoms with Gasteiger partial charge in [0.2, 0.25) is 11.8 Å². The highest BCUT2D eigenvalue weighted by molar-refractivity contribution is 8.01. The van der Waals surface area contributed by atoms with E-state index in [9.17, 15) is 19.5 Å². The second kappa shape index (κ2) is 7.76. The van der Waals surface area contributed by atoms with Gasteiger partial charge < -0.3 is 20.1 Å². The number of hydrogen-bond donors (Lipinski definition) is 2. The molecule has 3 aliphatic heterocycles. The van der Waals surface area contributed by atoms with Crippen molar-refractivity contribution in [1.29, 1.82) is 0 Å². The van der Waals surface area contributed by atoms with Crippen LogP contribution < -0.4 is 5.32 Å². The third kappa shape index (κ3) is 3.22. The molecule has 7 nitrogen and oxygen atoms in total. The molecule has 2 N–H and O–H groups in total. The highest BCUT2D eigenvalue weighted by atomic mass is 32.2. The highest BCUT2D eigenvalue weighted by Crippen LogP contribution is 2.50. The first-order valence-electron chi connectivity index (χ1n) is 9.48. The molecule has 0 radical (unpaired) electrons. The first kappa shape index (κ1) is 19.5. The number of unbranched alkanes of at least 4 members (excludes halogenated alkanes) is 1. The number of β-lactam (4-membered cyclic amide) rings is 1. The molecule has 3 saturated heterocycles. The minimum Gasteiger partial charge on any atom is -0.464 e. The Hall–Kier alpha value is -1.28. The van der Waals surface area contributed by atoms with E-state index < -0.39 is 18.1 Å². The van der Waals surface area contributed by atoms with E-state index in [1.54, 1.807) is 11.8 Å². The Morgan fingerprint density at radius 1 is 1.46 bits per heavy atom. The number of aliphatic hydroxyl groups excluding tert-OH is 1. The zero-order valence-electron chi connectivity index (χ0n) is 15.5. The third-order valence-corrected chi connectivity index (χ3v) is 7.50. The summed E-state index contributed by atoms with van der Waals surface area (Å²) in [5.74, 6) is -1.05. The summed E-state index contributed by atoms with van der Waals surface area (Å²) in [7, 11) is 0. The highest BCUT2D eigenvalue weighted by Gasteiger charge is 2.65. The zero-order chi connectivity index (χ0) is 19.0. The van der Waals surface area contributed by atoms with E-state index in [2.05, 4.69) is 5.32 Å². The molecule has 0 aromatic heterocycles. The first-order valence-corrected chi connectivity index (χ1v) is 10.4. The Kier molecular flexibility index (Phi) is 5.81. The van der Waals surface area contributed by atoms with E-state index in [4.69, 9.17) is 4.74 Å². The molecule has 7 unspecified atom stereocenters. The molecule has 3 rings (SSSR count). The molecule has 8 heteroatoms. The third-order valence-electron chi connectivity index (χ3n) is 5.72. The van der Waals surface area contributed by atoms with Crippen LogP contribution in [0.15, 0.2) is 0 Å². The van der Waals surface area contributed by atoms with Crippen molar-refractivity contribution >= 4 is 29.5 Å². The molecule has 3 heterocycles. The Balaban J connectivity index is 1.80. The van der Waals surface area contributed by atoms with Gasteiger partial charge in [-0.2, -0.15) is 0 Å². The van der Waals surface area contributed by atoms with Gasteiger partial charge in [-0.3, -0.25) is 9.59 Å². The smallest absolute Gasteiger partial charge is 0.330 e. The van der Waals surface area contributed by atoms with Gasteiger partial charge in [-0.15, -0.1) is 11.8 Å². The number of thioether (sulfide) groups is 1. The summed E-state index contributed by atoms with van der Waals surface area (Å²) < 4.78 is 5.42. The van der Waals surface area contributed by atoms with Crippen molar-refractivity contribution in [3.8, 4) is 0 Å². The Morgan fingerprint density at radius 2 is 2.19 bits per heavy atom. The van der Waals surface area contributed by atoms with Crippen LogP contribution in [0.1, 0.15) is 40.0 Å². The Bertz CT molecular complexity index is 584. The molecular formula is C18H28N2O5S. The molecule has 0 aromatic carbocycles. The van der Waals surface area contributed by atoms with E-state index in [-0.39, 0.29) is 40.2 Å². The summed E-state index contributed by atoms with van der Waals surface area (Å²) in [6.45, 7) is 6.63. The lowest BCUT2D eigenvalue weighted by Crippen LogP contribution is -2.65. The molecule has 0 spiro atoms. The summed E-state index contributed by atoms with van der Waals surface area (Å²) in [5.41, 5.74) is 0. The molecule has 0 aliphatic carbocycles. The number of rotatable bonds is 7. The van der Waals surface area contributed by atoms with Crippen LogP contribution in [0.2, 0.25) is 0 Å². The van der Waals surface area contributed by atoms with Crippen LogP contribution in [0.4, 0.5) is 0 Å². The van der Waals surface area contributed by atoms with E-state index in [0.717, 1.165) is 19.3 Å². The number of fused-ring (bicyclic) bond motifs is 1. The number of amides is 2. The molecule has 3 fully saturated rings. The van der Waals surface area contributed by atoms with Gasteiger partial charge in [-0.05, 0) is 25.7 Å². The van der Waals surface area contributed by atoms with Crippen LogP contribution in [0, 0.1) is 11.8 Å². The van der Waals surface area contributed by atoms with Crippen molar-refractivity contribution in [2.75, 3.05) is 13.2 Å². The largest absolute Gasteiger partial charge is 0.464 e. The summed E-state index contributed by atoms with van der Waals surface area (Å²) in [4.78, 5) is 38.9. The van der Waals surface area contributed by atoms with Gasteiger partial charge in [-0.25, -0.2) is 4.79 Å². The molecule has 146 valence electrons. The summed E-state index contributed by atoms with van der Waals surface area (Å²) in [5, 5.41) is 12.4. The number of nitrogens with one attached hydrogen (secondary N) is 1. The predicted molar refractivity (Wildman–Crippen MR) is 97.4 cm³/mol. The lowest BCUT2D eigenvalue weighted by atomic mass is 9.79. The molecule has 0 saturated carbocycles. The van der Waals surface area contributed by atoms with Gasteiger partial charge in [0, 0.05) is 11.8 Å². The Morgan fingerprint density at radius 3 is 2.77 bits per heavy atom. The fraction of sp³-hybridized carbons (Fsp3) is 0.833. The topological polar surface area (TPSA) is 95.9 Å². The lowest BCUT2D eigenvalue weighted by Gasteiger charge is -2.47. The Labute approximate surface area is 158 Å². The number of esters is 1. The minimum absolute atomic E-state index is 0.00653. The van der Waals surface area contributed by atoms with Crippen LogP contribution in [0.25, 0.3) is 0 Å². The standard InChI is InChI=1S/C18H28N2O5S/c1-4-5-8-25-18(24)14-15(26-11-6-7-19-16(11)22)9(2)13-12(10(3)21)17(23)20(13)14/h9-15,21H,4-8H2,1-3H3,(H,19,22). The molecule has 0 aromatic rings. The zero-order valence-corrected chi connectivity index (χ0v) is 16.3. The number of carbonyl (C=O) groups excluding carboxylic acids is 3. The number of carbonyl (C=O) groups is 3. The quantitative estimate of drug-likeness (QED) is 0.378. The van der Waals surface area contributed by atoms with Crippen molar-refractivity contribution in [1.82, 2.24) is 10.2 Å². The summed E-state index contributed by atoms with van der Waals surface area (Å²) >= 11 is 1.48. The van der Waals surface area contributed by atoms with Gasteiger partial charge in [0.15, 0.2) is 0 Å². The molecule has 7 atom stereocenters. The minimum atomic E-state index is -0.749. The first-order chi connectivity index (χ1) is 12.4. The SMILES string of the molecule is CCCCOC(=O)C1C(SC2CCNC2=O)C(C)C2C(C(C)O)C(=O)N12. The van der Waals surface area contributed by atoms with Gasteiger partial charge in [0.1, 0.15) is 6.04 Å². The number of hydrogen-bond acceptors (Lipinski definition) is 6. The van der Waals surface area contributed by atoms with Crippen molar-refractivity contribution in [3.63, 3.8) is 0 Å².